The van der Waals surface area contributed by atoms with E-state index in [9.17, 15) is 14.9 Å². The third-order valence-electron chi connectivity index (χ3n) is 4.79. The van der Waals surface area contributed by atoms with Gasteiger partial charge in [-0.15, -0.1) is 0 Å². The Kier molecular flexibility index (Phi) is 6.04. The number of hydrazone groups is 1. The van der Waals surface area contributed by atoms with Crippen molar-refractivity contribution in [2.45, 2.75) is 32.5 Å². The van der Waals surface area contributed by atoms with Crippen LogP contribution in [0.25, 0.3) is 0 Å². The van der Waals surface area contributed by atoms with Crippen LogP contribution in [0, 0.1) is 16.0 Å². The molecule has 1 unspecified atom stereocenters. The molecule has 2 heterocycles. The highest BCUT2D eigenvalue weighted by Crippen LogP contribution is 2.30. The second-order valence-electron chi connectivity index (χ2n) is 7.52. The molecule has 10 heteroatoms. The maximum atomic E-state index is 12.5. The van der Waals surface area contributed by atoms with Gasteiger partial charge >= 0.3 is 6.09 Å². The van der Waals surface area contributed by atoms with Crippen molar-refractivity contribution >= 4 is 23.7 Å². The van der Waals surface area contributed by atoms with Gasteiger partial charge in [0.05, 0.1) is 18.8 Å². The molecule has 1 atom stereocenters. The predicted octanol–water partition coefficient (Wildman–Crippen LogP) is 2.96. The summed E-state index contributed by atoms with van der Waals surface area (Å²) < 4.78 is 11.0. The van der Waals surface area contributed by atoms with E-state index in [0.29, 0.717) is 30.3 Å². The highest BCUT2D eigenvalue weighted by atomic mass is 35.5. The molecule has 1 aromatic rings. The van der Waals surface area contributed by atoms with Crippen molar-refractivity contribution in [1.29, 1.82) is 0 Å². The summed E-state index contributed by atoms with van der Waals surface area (Å²) in [5, 5.41) is 14.1. The van der Waals surface area contributed by atoms with Crippen molar-refractivity contribution in [2.75, 3.05) is 26.2 Å². The van der Waals surface area contributed by atoms with Gasteiger partial charge in [0.15, 0.2) is 5.03 Å². The molecule has 2 fully saturated rings. The van der Waals surface area contributed by atoms with Crippen LogP contribution in [0.5, 0.6) is 0 Å². The fourth-order valence-corrected chi connectivity index (χ4v) is 3.74. The van der Waals surface area contributed by atoms with E-state index in [1.807, 2.05) is 13.8 Å². The molecule has 0 aromatic heterocycles. The van der Waals surface area contributed by atoms with Gasteiger partial charge in [0.1, 0.15) is 11.7 Å². The van der Waals surface area contributed by atoms with Crippen LogP contribution in [0.1, 0.15) is 25.8 Å². The summed E-state index contributed by atoms with van der Waals surface area (Å²) in [5.74, 6) is 0.213. The minimum Gasteiger partial charge on any atom is -0.444 e. The maximum Gasteiger partial charge on any atom is 0.417 e. The SMILES string of the molecule is CC1(C)CC(CN2CCN(C(=O)OCc3ccccc3Cl)C2=N[N+](=O)[O-])CO1. The molecule has 1 aromatic carbocycles. The van der Waals surface area contributed by atoms with Gasteiger partial charge in [-0.25, -0.2) is 19.8 Å². The van der Waals surface area contributed by atoms with Crippen molar-refractivity contribution in [3.63, 3.8) is 0 Å². The largest absolute Gasteiger partial charge is 0.444 e. The topological polar surface area (TPSA) is 97.5 Å². The van der Waals surface area contributed by atoms with Gasteiger partial charge in [-0.05, 0) is 26.3 Å². The van der Waals surface area contributed by atoms with E-state index in [1.165, 1.54) is 4.90 Å². The summed E-state index contributed by atoms with van der Waals surface area (Å²) >= 11 is 6.07. The number of halogens is 1. The number of rotatable bonds is 5. The fourth-order valence-electron chi connectivity index (χ4n) is 3.55. The fraction of sp³-hybridized carbons (Fsp3) is 0.556. The van der Waals surface area contributed by atoms with Crippen LogP contribution in [-0.4, -0.2) is 58.7 Å². The summed E-state index contributed by atoms with van der Waals surface area (Å²) in [6, 6.07) is 7.02. The maximum absolute atomic E-state index is 12.5. The van der Waals surface area contributed by atoms with Crippen LogP contribution in [0.4, 0.5) is 4.79 Å². The lowest BCUT2D eigenvalue weighted by Crippen LogP contribution is -2.40. The average molecular weight is 411 g/mol. The van der Waals surface area contributed by atoms with E-state index in [2.05, 4.69) is 5.10 Å². The highest BCUT2D eigenvalue weighted by molar-refractivity contribution is 6.31. The molecule has 0 N–H and O–H groups in total. The van der Waals surface area contributed by atoms with Crippen LogP contribution in [0.3, 0.4) is 0 Å². The quantitative estimate of drug-likeness (QED) is 0.546. The lowest BCUT2D eigenvalue weighted by molar-refractivity contribution is -0.486. The zero-order valence-corrected chi connectivity index (χ0v) is 16.6. The average Bonchev–Trinajstić information content (AvgIpc) is 3.16. The smallest absolute Gasteiger partial charge is 0.417 e. The summed E-state index contributed by atoms with van der Waals surface area (Å²) in [4.78, 5) is 26.5. The van der Waals surface area contributed by atoms with Crippen LogP contribution in [0.2, 0.25) is 5.02 Å². The molecule has 2 aliphatic rings. The van der Waals surface area contributed by atoms with Crippen LogP contribution in [-0.2, 0) is 16.1 Å². The van der Waals surface area contributed by atoms with Gasteiger partial charge in [0.25, 0.3) is 5.96 Å². The second-order valence-corrected chi connectivity index (χ2v) is 7.93. The molecule has 0 aliphatic carbocycles. The minimum absolute atomic E-state index is 0.00105. The molecule has 0 radical (unpaired) electrons. The Morgan fingerprint density at radius 2 is 2.18 bits per heavy atom. The van der Waals surface area contributed by atoms with E-state index in [-0.39, 0.29) is 30.6 Å². The molecule has 2 aliphatic heterocycles. The van der Waals surface area contributed by atoms with Crippen LogP contribution < -0.4 is 0 Å². The Bertz CT molecular complexity index is 785. The van der Waals surface area contributed by atoms with E-state index >= 15 is 0 Å². The molecule has 0 saturated carbocycles. The molecule has 0 spiro atoms. The number of carbonyl (C=O) groups excluding carboxylic acids is 1. The molecule has 9 nitrogen and oxygen atoms in total. The van der Waals surface area contributed by atoms with Crippen molar-refractivity contribution < 1.29 is 19.3 Å². The Morgan fingerprint density at radius 1 is 1.43 bits per heavy atom. The summed E-state index contributed by atoms with van der Waals surface area (Å²) in [5.41, 5.74) is 0.449. The van der Waals surface area contributed by atoms with Gasteiger partial charge in [0, 0.05) is 29.6 Å². The van der Waals surface area contributed by atoms with E-state index in [4.69, 9.17) is 21.1 Å². The normalized spacial score (nSPS) is 22.7. The summed E-state index contributed by atoms with van der Waals surface area (Å²) in [7, 11) is 0. The van der Waals surface area contributed by atoms with Gasteiger partial charge < -0.3 is 14.4 Å². The second kappa shape index (κ2) is 8.32. The van der Waals surface area contributed by atoms with E-state index < -0.39 is 11.1 Å². The van der Waals surface area contributed by atoms with Gasteiger partial charge in [-0.2, -0.15) is 0 Å². The van der Waals surface area contributed by atoms with Crippen molar-refractivity contribution in [3.8, 4) is 0 Å². The Balaban J connectivity index is 1.66. The molecule has 152 valence electrons. The zero-order chi connectivity index (χ0) is 20.3. The third kappa shape index (κ3) is 4.90. The number of ether oxygens (including phenoxy) is 2. The first-order valence-corrected chi connectivity index (χ1v) is 9.42. The number of benzene rings is 1. The van der Waals surface area contributed by atoms with E-state index in [1.54, 1.807) is 29.2 Å². The van der Waals surface area contributed by atoms with Gasteiger partial charge in [-0.3, -0.25) is 0 Å². The molecule has 0 bridgehead atoms. The summed E-state index contributed by atoms with van der Waals surface area (Å²) in [6.07, 6.45) is 0.151. The number of nitrogens with zero attached hydrogens (tertiary/aromatic N) is 4. The highest BCUT2D eigenvalue weighted by Gasteiger charge is 2.39. The lowest BCUT2D eigenvalue weighted by Gasteiger charge is -2.22. The van der Waals surface area contributed by atoms with Crippen molar-refractivity contribution in [1.82, 2.24) is 9.80 Å². The molecule has 1 amide bonds. The van der Waals surface area contributed by atoms with Crippen LogP contribution in [0.15, 0.2) is 29.4 Å². The Labute approximate surface area is 168 Å². The van der Waals surface area contributed by atoms with Gasteiger partial charge in [0.2, 0.25) is 0 Å². The number of amides is 1. The summed E-state index contributed by atoms with van der Waals surface area (Å²) in [6.45, 7) is 5.83. The number of nitro groups is 1. The Morgan fingerprint density at radius 3 is 2.82 bits per heavy atom. The number of hydrogen-bond donors (Lipinski definition) is 0. The molecular weight excluding hydrogens is 388 g/mol. The molecule has 2 saturated heterocycles. The first-order chi connectivity index (χ1) is 13.2. The molecular formula is C18H23ClN4O5. The minimum atomic E-state index is -0.795. The number of hydrogen-bond acceptors (Lipinski definition) is 5. The standard InChI is InChI=1S/C18H23ClN4O5/c1-18(2)9-13(11-28-18)10-21-7-8-22(16(21)20-23(25)26)17(24)27-12-14-5-3-4-6-15(14)19/h3-6,13H,7-12H2,1-2H3. The van der Waals surface area contributed by atoms with Crippen molar-refractivity contribution in [2.24, 2.45) is 11.0 Å². The first-order valence-electron chi connectivity index (χ1n) is 9.05. The van der Waals surface area contributed by atoms with Gasteiger partial charge in [-0.1, -0.05) is 29.8 Å². The predicted molar refractivity (Wildman–Crippen MR) is 102 cm³/mol. The zero-order valence-electron chi connectivity index (χ0n) is 15.8. The van der Waals surface area contributed by atoms with E-state index in [0.717, 1.165) is 6.42 Å². The van der Waals surface area contributed by atoms with Crippen molar-refractivity contribution in [3.05, 3.63) is 45.0 Å². The number of carbonyl (C=O) groups is 1. The first kappa shape index (κ1) is 20.3. The monoisotopic (exact) mass is 410 g/mol. The molecule has 28 heavy (non-hydrogen) atoms. The van der Waals surface area contributed by atoms with Crippen LogP contribution >= 0.6 is 11.6 Å². The number of guanidine groups is 1. The molecule has 3 rings (SSSR count). The lowest BCUT2D eigenvalue weighted by atomic mass is 9.97. The third-order valence-corrected chi connectivity index (χ3v) is 5.16. The Hall–Kier alpha value is -2.39.